The van der Waals surface area contributed by atoms with Crippen LogP contribution < -0.4 is 4.52 Å². The Bertz CT molecular complexity index is 513. The fraction of sp³-hybridized carbons (Fsp3) is 0.273. The largest absolute Gasteiger partial charge is 0.501 e. The standard InChI is InChI=1S/C11H11BrClO3PS.2H2/c1-3-7-18-17(14,15-4-2)16-11-6-5-9(12)8-10(11)13;;/h2,5-6,8H,3,7H2,1H3;2*1H. The third-order valence-corrected chi connectivity index (χ3v) is 6.11. The van der Waals surface area contributed by atoms with Gasteiger partial charge in [0, 0.05) is 13.1 Å². The van der Waals surface area contributed by atoms with Gasteiger partial charge in [0.25, 0.3) is 0 Å². The molecule has 0 saturated carbocycles. The van der Waals surface area contributed by atoms with Gasteiger partial charge in [0.1, 0.15) is 11.9 Å². The zero-order valence-electron chi connectivity index (χ0n) is 9.56. The molecule has 0 aliphatic carbocycles. The number of rotatable bonds is 6. The highest BCUT2D eigenvalue weighted by molar-refractivity contribution is 9.10. The summed E-state index contributed by atoms with van der Waals surface area (Å²) in [5, 5.41) is 0.335. The fourth-order valence-corrected chi connectivity index (χ4v) is 4.76. The van der Waals surface area contributed by atoms with Gasteiger partial charge in [0.15, 0.2) is 0 Å². The van der Waals surface area contributed by atoms with Crippen molar-refractivity contribution in [1.29, 1.82) is 0 Å². The van der Waals surface area contributed by atoms with Crippen LogP contribution in [0.4, 0.5) is 0 Å². The topological polar surface area (TPSA) is 35.5 Å². The van der Waals surface area contributed by atoms with Crippen LogP contribution in [0.3, 0.4) is 0 Å². The lowest BCUT2D eigenvalue weighted by Gasteiger charge is -2.16. The molecule has 0 saturated heterocycles. The van der Waals surface area contributed by atoms with E-state index in [0.29, 0.717) is 10.8 Å². The van der Waals surface area contributed by atoms with Crippen LogP contribution in [-0.2, 0) is 9.09 Å². The molecule has 0 fully saturated rings. The van der Waals surface area contributed by atoms with Crippen molar-refractivity contribution >= 4 is 45.7 Å². The van der Waals surface area contributed by atoms with Crippen LogP contribution in [0.15, 0.2) is 22.7 Å². The van der Waals surface area contributed by atoms with Crippen LogP contribution in [0, 0.1) is 12.5 Å². The molecule has 0 aliphatic heterocycles. The van der Waals surface area contributed by atoms with Crippen molar-refractivity contribution in [2.75, 3.05) is 5.75 Å². The highest BCUT2D eigenvalue weighted by Crippen LogP contribution is 2.60. The monoisotopic (exact) mass is 372 g/mol. The minimum Gasteiger partial charge on any atom is -0.406 e. The molecule has 18 heavy (non-hydrogen) atoms. The van der Waals surface area contributed by atoms with Crippen molar-refractivity contribution in [2.24, 2.45) is 0 Å². The first-order valence-electron chi connectivity index (χ1n) is 5.04. The van der Waals surface area contributed by atoms with E-state index in [2.05, 4.69) is 15.9 Å². The summed E-state index contributed by atoms with van der Waals surface area (Å²) < 4.78 is 23.2. The van der Waals surface area contributed by atoms with Gasteiger partial charge >= 0.3 is 6.80 Å². The Kier molecular flexibility index (Phi) is 6.45. The minimum absolute atomic E-state index is 0. The van der Waals surface area contributed by atoms with Crippen LogP contribution in [0.25, 0.3) is 0 Å². The van der Waals surface area contributed by atoms with E-state index >= 15 is 0 Å². The summed E-state index contributed by atoms with van der Waals surface area (Å²) in [6, 6.07) is 4.97. The highest BCUT2D eigenvalue weighted by atomic mass is 79.9. The second kappa shape index (κ2) is 7.35. The molecular weight excluding hydrogens is 359 g/mol. The second-order valence-corrected chi connectivity index (χ2v) is 8.52. The van der Waals surface area contributed by atoms with Crippen molar-refractivity contribution in [3.05, 3.63) is 27.7 Å². The van der Waals surface area contributed by atoms with Crippen LogP contribution in [-0.4, -0.2) is 5.75 Å². The molecule has 1 rings (SSSR count). The molecule has 7 heteroatoms. The first kappa shape index (κ1) is 15.8. The van der Waals surface area contributed by atoms with Gasteiger partial charge in [0.2, 0.25) is 0 Å². The summed E-state index contributed by atoms with van der Waals surface area (Å²) in [7, 11) is 0. The molecule has 1 aromatic rings. The molecule has 0 radical (unpaired) electrons. The Balaban J connectivity index is 0. The van der Waals surface area contributed by atoms with Gasteiger partial charge in [-0.05, 0) is 36.0 Å². The summed E-state index contributed by atoms with van der Waals surface area (Å²) in [6.07, 6.45) is 7.76. The molecular formula is C11H15BrClO3PS. The molecule has 0 N–H and O–H groups in total. The van der Waals surface area contributed by atoms with Crippen LogP contribution in [0.2, 0.25) is 5.02 Å². The summed E-state index contributed by atoms with van der Waals surface area (Å²) >= 11 is 10.3. The van der Waals surface area contributed by atoms with Crippen LogP contribution in [0.1, 0.15) is 16.2 Å². The molecule has 0 bridgehead atoms. The van der Waals surface area contributed by atoms with Crippen LogP contribution in [0.5, 0.6) is 5.75 Å². The summed E-state index contributed by atoms with van der Waals surface area (Å²) in [4.78, 5) is 0. The summed E-state index contributed by atoms with van der Waals surface area (Å²) in [5.74, 6) is 0.898. The van der Waals surface area contributed by atoms with Gasteiger partial charge in [-0.3, -0.25) is 0 Å². The fourth-order valence-electron chi connectivity index (χ4n) is 1.01. The van der Waals surface area contributed by atoms with Crippen LogP contribution >= 0.6 is 45.7 Å². The smallest absolute Gasteiger partial charge is 0.406 e. The lowest BCUT2D eigenvalue weighted by atomic mass is 10.3. The maximum Gasteiger partial charge on any atom is 0.501 e. The third kappa shape index (κ3) is 4.78. The van der Waals surface area contributed by atoms with Gasteiger partial charge in [-0.2, -0.15) is 0 Å². The maximum absolute atomic E-state index is 12.3. The molecule has 1 atom stereocenters. The zero-order valence-corrected chi connectivity index (χ0v) is 13.6. The second-order valence-electron chi connectivity index (χ2n) is 3.16. The van der Waals surface area contributed by atoms with Crippen molar-refractivity contribution in [1.82, 2.24) is 0 Å². The number of hydrogen-bond acceptors (Lipinski definition) is 4. The lowest BCUT2D eigenvalue weighted by molar-refractivity contribution is 0.392. The Morgan fingerprint density at radius 1 is 1.67 bits per heavy atom. The van der Waals surface area contributed by atoms with E-state index < -0.39 is 6.80 Å². The Labute approximate surface area is 127 Å². The predicted octanol–water partition coefficient (Wildman–Crippen LogP) is 5.83. The zero-order chi connectivity index (χ0) is 13.6. The molecule has 0 aromatic heterocycles. The number of hydrogen-bond donors (Lipinski definition) is 0. The van der Waals surface area contributed by atoms with E-state index in [4.69, 9.17) is 27.1 Å². The lowest BCUT2D eigenvalue weighted by Crippen LogP contribution is -1.93. The van der Waals surface area contributed by atoms with Crippen molar-refractivity contribution in [2.45, 2.75) is 13.3 Å². The quantitative estimate of drug-likeness (QED) is 0.464. The van der Waals surface area contributed by atoms with Crippen molar-refractivity contribution in [3.63, 3.8) is 0 Å². The van der Waals surface area contributed by atoms with E-state index in [-0.39, 0.29) is 8.60 Å². The molecule has 0 heterocycles. The molecule has 1 unspecified atom stereocenters. The Morgan fingerprint density at radius 2 is 2.39 bits per heavy atom. The van der Waals surface area contributed by atoms with E-state index in [1.165, 1.54) is 0 Å². The SMILES string of the molecule is C#COP(=O)(Oc1ccc(Br)cc1Cl)SCCC.[HH].[HH]. The van der Waals surface area contributed by atoms with Crippen molar-refractivity contribution < 1.29 is 16.5 Å². The molecule has 0 aliphatic rings. The number of benzene rings is 1. The Hall–Kier alpha value is -0.270. The van der Waals surface area contributed by atoms with Gasteiger partial charge in [-0.15, -0.1) is 0 Å². The third-order valence-electron chi connectivity index (χ3n) is 1.72. The van der Waals surface area contributed by atoms with E-state index in [1.807, 2.05) is 13.0 Å². The average Bonchev–Trinajstić information content (AvgIpc) is 2.31. The normalized spacial score (nSPS) is 13.4. The molecule has 102 valence electrons. The average molecular weight is 374 g/mol. The van der Waals surface area contributed by atoms with Gasteiger partial charge in [-0.25, -0.2) is 4.57 Å². The van der Waals surface area contributed by atoms with Gasteiger partial charge < -0.3 is 9.05 Å². The highest BCUT2D eigenvalue weighted by Gasteiger charge is 2.28. The first-order chi connectivity index (χ1) is 8.50. The van der Waals surface area contributed by atoms with E-state index in [9.17, 15) is 4.57 Å². The summed E-state index contributed by atoms with van der Waals surface area (Å²) in [6.45, 7) is -1.46. The van der Waals surface area contributed by atoms with Gasteiger partial charge in [-0.1, -0.05) is 40.9 Å². The maximum atomic E-state index is 12.3. The Morgan fingerprint density at radius 3 is 2.94 bits per heavy atom. The number of terminal acetylenes is 1. The van der Waals surface area contributed by atoms with Gasteiger partial charge in [0.05, 0.1) is 5.02 Å². The molecule has 3 nitrogen and oxygen atoms in total. The van der Waals surface area contributed by atoms with E-state index in [0.717, 1.165) is 22.3 Å². The molecule has 0 spiro atoms. The molecule has 1 aromatic carbocycles. The van der Waals surface area contributed by atoms with E-state index in [1.54, 1.807) is 18.2 Å². The van der Waals surface area contributed by atoms with Crippen molar-refractivity contribution in [3.8, 4) is 18.3 Å². The summed E-state index contributed by atoms with van der Waals surface area (Å²) in [5.41, 5.74) is 0. The molecule has 0 amide bonds. The first-order valence-corrected chi connectivity index (χ1v) is 9.34. The predicted molar refractivity (Wildman–Crippen MR) is 84.3 cm³/mol. The number of halogens is 2. The minimum atomic E-state index is -3.42.